The second-order valence-corrected chi connectivity index (χ2v) is 3.79. The third kappa shape index (κ3) is 3.27. The summed E-state index contributed by atoms with van der Waals surface area (Å²) < 4.78 is 49.3. The average Bonchev–Trinajstić information content (AvgIpc) is 2.01. The molecule has 0 bridgehead atoms. The second kappa shape index (κ2) is 4.28. The zero-order valence-corrected chi connectivity index (χ0v) is 7.61. The molecule has 82 valence electrons. The van der Waals surface area contributed by atoms with Gasteiger partial charge in [0, 0.05) is 19.3 Å². The number of ketones is 1. The Morgan fingerprint density at radius 2 is 2.07 bits per heavy atom. The summed E-state index contributed by atoms with van der Waals surface area (Å²) in [6, 6.07) is 0. The van der Waals surface area contributed by atoms with E-state index in [1.165, 1.54) is 0 Å². The normalized spacial score (nSPS) is 26.5. The molecule has 1 unspecified atom stereocenters. The first kappa shape index (κ1) is 11.5. The quantitative estimate of drug-likeness (QED) is 0.657. The van der Waals surface area contributed by atoms with Gasteiger partial charge in [-0.3, -0.25) is 4.79 Å². The monoisotopic (exact) mass is 212 g/mol. The van der Waals surface area contributed by atoms with Crippen molar-refractivity contribution < 1.29 is 22.4 Å². The molecule has 0 saturated heterocycles. The Labute approximate surface area is 79.5 Å². The standard InChI is InChI=1S/C9H12F4O/c10-8(11)7(14)4-6-2-1-3-9(12,13)5-6/h6,8H,1-5H2. The van der Waals surface area contributed by atoms with Crippen LogP contribution in [0.5, 0.6) is 0 Å². The summed E-state index contributed by atoms with van der Waals surface area (Å²) in [6.45, 7) is 0. The molecule has 5 heteroatoms. The highest BCUT2D eigenvalue weighted by molar-refractivity contribution is 5.81. The smallest absolute Gasteiger partial charge is 0.293 e. The maximum absolute atomic E-state index is 12.8. The van der Waals surface area contributed by atoms with E-state index in [0.29, 0.717) is 12.8 Å². The Hall–Kier alpha value is -0.610. The van der Waals surface area contributed by atoms with Crippen molar-refractivity contribution in [1.29, 1.82) is 0 Å². The van der Waals surface area contributed by atoms with Crippen LogP contribution in [0.3, 0.4) is 0 Å². The first-order valence-corrected chi connectivity index (χ1v) is 4.59. The van der Waals surface area contributed by atoms with Crippen molar-refractivity contribution in [2.24, 2.45) is 5.92 Å². The largest absolute Gasteiger partial charge is 0.295 e. The molecule has 0 radical (unpaired) electrons. The van der Waals surface area contributed by atoms with E-state index in [1.54, 1.807) is 0 Å². The molecule has 0 aliphatic heterocycles. The van der Waals surface area contributed by atoms with Gasteiger partial charge in [-0.05, 0) is 18.8 Å². The molecule has 0 aromatic rings. The summed E-state index contributed by atoms with van der Waals surface area (Å²) in [4.78, 5) is 10.6. The fourth-order valence-corrected chi connectivity index (χ4v) is 1.82. The van der Waals surface area contributed by atoms with E-state index in [1.807, 2.05) is 0 Å². The Balaban J connectivity index is 2.42. The van der Waals surface area contributed by atoms with Crippen LogP contribution in [0.15, 0.2) is 0 Å². The number of carbonyl (C=O) groups is 1. The van der Waals surface area contributed by atoms with Crippen LogP contribution in [0.25, 0.3) is 0 Å². The molecule has 0 N–H and O–H groups in total. The fourth-order valence-electron chi connectivity index (χ4n) is 1.82. The van der Waals surface area contributed by atoms with Crippen LogP contribution in [-0.2, 0) is 4.79 Å². The molecule has 1 aliphatic carbocycles. The highest BCUT2D eigenvalue weighted by Gasteiger charge is 2.37. The van der Waals surface area contributed by atoms with Gasteiger partial charge in [-0.1, -0.05) is 0 Å². The molecule has 1 saturated carbocycles. The predicted octanol–water partition coefficient (Wildman–Crippen LogP) is 3.04. The topological polar surface area (TPSA) is 17.1 Å². The Kier molecular flexibility index (Phi) is 3.50. The maximum Gasteiger partial charge on any atom is 0.295 e. The number of rotatable bonds is 3. The molecular formula is C9H12F4O. The second-order valence-electron chi connectivity index (χ2n) is 3.79. The molecule has 14 heavy (non-hydrogen) atoms. The van der Waals surface area contributed by atoms with E-state index in [-0.39, 0.29) is 6.42 Å². The Morgan fingerprint density at radius 1 is 1.43 bits per heavy atom. The van der Waals surface area contributed by atoms with Gasteiger partial charge in [0.2, 0.25) is 5.92 Å². The van der Waals surface area contributed by atoms with Gasteiger partial charge in [0.05, 0.1) is 0 Å². The first-order chi connectivity index (χ1) is 6.41. The van der Waals surface area contributed by atoms with Crippen molar-refractivity contribution in [1.82, 2.24) is 0 Å². The SMILES string of the molecule is O=C(CC1CCCC(F)(F)C1)C(F)F. The highest BCUT2D eigenvalue weighted by Crippen LogP contribution is 2.38. The third-order valence-electron chi connectivity index (χ3n) is 2.48. The van der Waals surface area contributed by atoms with Crippen LogP contribution in [-0.4, -0.2) is 18.1 Å². The number of Topliss-reactive ketones (excluding diaryl/α,β-unsaturated/α-hetero) is 1. The van der Waals surface area contributed by atoms with Crippen molar-refractivity contribution in [3.8, 4) is 0 Å². The number of carbonyl (C=O) groups excluding carboxylic acids is 1. The molecule has 0 aromatic carbocycles. The van der Waals surface area contributed by atoms with E-state index in [9.17, 15) is 22.4 Å². The lowest BCUT2D eigenvalue weighted by Gasteiger charge is -2.28. The van der Waals surface area contributed by atoms with Crippen molar-refractivity contribution >= 4 is 5.78 Å². The van der Waals surface area contributed by atoms with Crippen LogP contribution in [0.1, 0.15) is 32.1 Å². The van der Waals surface area contributed by atoms with Gasteiger partial charge >= 0.3 is 0 Å². The summed E-state index contributed by atoms with van der Waals surface area (Å²) in [5.41, 5.74) is 0. The Bertz CT molecular complexity index is 215. The molecule has 0 heterocycles. The molecule has 0 amide bonds. The summed E-state index contributed by atoms with van der Waals surface area (Å²) in [5.74, 6) is -4.56. The minimum atomic E-state index is -3.02. The molecule has 0 spiro atoms. The van der Waals surface area contributed by atoms with Crippen LogP contribution in [0.4, 0.5) is 17.6 Å². The van der Waals surface area contributed by atoms with Gasteiger partial charge in [0.1, 0.15) is 0 Å². The molecule has 1 nitrogen and oxygen atoms in total. The first-order valence-electron chi connectivity index (χ1n) is 4.59. The zero-order chi connectivity index (χ0) is 10.8. The van der Waals surface area contributed by atoms with Crippen molar-refractivity contribution in [3.05, 3.63) is 0 Å². The minimum absolute atomic E-state index is 0.188. The van der Waals surface area contributed by atoms with E-state index in [4.69, 9.17) is 0 Å². The summed E-state index contributed by atoms with van der Waals surface area (Å²) in [7, 11) is 0. The van der Waals surface area contributed by atoms with Gasteiger partial charge in [-0.15, -0.1) is 0 Å². The molecule has 1 atom stereocenters. The van der Waals surface area contributed by atoms with Crippen LogP contribution in [0.2, 0.25) is 0 Å². The molecule has 1 fully saturated rings. The number of halogens is 4. The van der Waals surface area contributed by atoms with Crippen molar-refractivity contribution in [3.63, 3.8) is 0 Å². The lowest BCUT2D eigenvalue weighted by molar-refractivity contribution is -0.132. The number of hydrogen-bond donors (Lipinski definition) is 0. The minimum Gasteiger partial charge on any atom is -0.293 e. The average molecular weight is 212 g/mol. The van der Waals surface area contributed by atoms with Gasteiger partial charge in [0.15, 0.2) is 5.78 Å². The Morgan fingerprint density at radius 3 is 2.57 bits per heavy atom. The lowest BCUT2D eigenvalue weighted by Crippen LogP contribution is -2.28. The van der Waals surface area contributed by atoms with Crippen molar-refractivity contribution in [2.75, 3.05) is 0 Å². The van der Waals surface area contributed by atoms with Gasteiger partial charge in [0.25, 0.3) is 6.43 Å². The van der Waals surface area contributed by atoms with Crippen LogP contribution >= 0.6 is 0 Å². The molecule has 1 aliphatic rings. The summed E-state index contributed by atoms with van der Waals surface area (Å²) >= 11 is 0. The predicted molar refractivity (Wildman–Crippen MR) is 42.5 cm³/mol. The number of hydrogen-bond acceptors (Lipinski definition) is 1. The third-order valence-corrected chi connectivity index (χ3v) is 2.48. The lowest BCUT2D eigenvalue weighted by atomic mass is 9.83. The molecule has 0 aromatic heterocycles. The van der Waals surface area contributed by atoms with Crippen LogP contribution in [0, 0.1) is 5.92 Å². The van der Waals surface area contributed by atoms with Crippen LogP contribution < -0.4 is 0 Å². The summed E-state index contributed by atoms with van der Waals surface area (Å²) in [6.07, 6.45) is -3.28. The van der Waals surface area contributed by atoms with E-state index in [2.05, 4.69) is 0 Å². The van der Waals surface area contributed by atoms with Gasteiger partial charge in [-0.2, -0.15) is 0 Å². The van der Waals surface area contributed by atoms with Gasteiger partial charge in [-0.25, -0.2) is 17.6 Å². The molecule has 1 rings (SSSR count). The number of alkyl halides is 4. The van der Waals surface area contributed by atoms with Crippen molar-refractivity contribution in [2.45, 2.75) is 44.5 Å². The van der Waals surface area contributed by atoms with Gasteiger partial charge < -0.3 is 0 Å². The fraction of sp³-hybridized carbons (Fsp3) is 0.889. The molecular weight excluding hydrogens is 200 g/mol. The van der Waals surface area contributed by atoms with E-state index >= 15 is 0 Å². The zero-order valence-electron chi connectivity index (χ0n) is 7.61. The van der Waals surface area contributed by atoms with E-state index in [0.717, 1.165) is 0 Å². The summed E-state index contributed by atoms with van der Waals surface area (Å²) in [5, 5.41) is 0. The highest BCUT2D eigenvalue weighted by atomic mass is 19.3. The van der Waals surface area contributed by atoms with E-state index < -0.39 is 36.9 Å². The maximum atomic E-state index is 12.8.